The molecule has 1 aliphatic heterocycles. The fraction of sp³-hybridized carbons (Fsp3) is 0.182. The smallest absolute Gasteiger partial charge is 0.264 e. The fourth-order valence-electron chi connectivity index (χ4n) is 3.78. The second-order valence-electron chi connectivity index (χ2n) is 7.03. The van der Waals surface area contributed by atoms with Crippen LogP contribution < -0.4 is 13.8 Å². The summed E-state index contributed by atoms with van der Waals surface area (Å²) in [5.41, 5.74) is -0.605. The molecule has 3 aromatic rings. The second-order valence-corrected chi connectivity index (χ2v) is 9.74. The monoisotopic (exact) mass is 479 g/mol. The van der Waals surface area contributed by atoms with E-state index in [0.29, 0.717) is 32.6 Å². The highest BCUT2D eigenvalue weighted by atomic mass is 35.5. The van der Waals surface area contributed by atoms with Crippen LogP contribution in [0.2, 0.25) is 10.0 Å². The van der Waals surface area contributed by atoms with E-state index < -0.39 is 15.6 Å². The van der Waals surface area contributed by atoms with Crippen molar-refractivity contribution in [3.8, 4) is 11.5 Å². The maximum absolute atomic E-state index is 13.6. The first-order valence-corrected chi connectivity index (χ1v) is 11.4. The Balaban J connectivity index is 1.88. The molecule has 4 rings (SSSR count). The van der Waals surface area contributed by atoms with Crippen molar-refractivity contribution >= 4 is 38.9 Å². The molecule has 3 aromatic carbocycles. The molecule has 1 N–H and O–H groups in total. The Morgan fingerprint density at radius 3 is 2.32 bits per heavy atom. The summed E-state index contributed by atoms with van der Waals surface area (Å²) >= 11 is 12.5. The number of hydrogen-bond acceptors (Lipinski definition) is 5. The summed E-state index contributed by atoms with van der Waals surface area (Å²) < 4.78 is 38.8. The Morgan fingerprint density at radius 2 is 1.65 bits per heavy atom. The van der Waals surface area contributed by atoms with Crippen molar-refractivity contribution in [2.24, 2.45) is 0 Å². The van der Waals surface area contributed by atoms with Gasteiger partial charge in [0.25, 0.3) is 10.0 Å². The third-order valence-corrected chi connectivity index (χ3v) is 7.63. The van der Waals surface area contributed by atoms with E-state index in [2.05, 4.69) is 0 Å². The van der Waals surface area contributed by atoms with Gasteiger partial charge in [-0.05, 0) is 36.4 Å². The molecule has 0 spiro atoms. The van der Waals surface area contributed by atoms with E-state index in [4.69, 9.17) is 32.7 Å². The first kappa shape index (κ1) is 21.8. The van der Waals surface area contributed by atoms with E-state index in [9.17, 15) is 13.5 Å². The maximum atomic E-state index is 13.6. The van der Waals surface area contributed by atoms with Crippen molar-refractivity contribution in [2.75, 3.05) is 25.1 Å². The van der Waals surface area contributed by atoms with E-state index >= 15 is 0 Å². The van der Waals surface area contributed by atoms with Gasteiger partial charge in [0.2, 0.25) is 0 Å². The summed E-state index contributed by atoms with van der Waals surface area (Å²) in [5.74, 6) is 0.683. The lowest BCUT2D eigenvalue weighted by molar-refractivity contribution is 0.101. The summed E-state index contributed by atoms with van der Waals surface area (Å²) in [6.45, 7) is -0.261. The van der Waals surface area contributed by atoms with Gasteiger partial charge in [0.05, 0.1) is 31.3 Å². The molecule has 0 saturated heterocycles. The molecule has 0 bridgehead atoms. The lowest BCUT2D eigenvalue weighted by atomic mass is 9.88. The van der Waals surface area contributed by atoms with Gasteiger partial charge in [-0.2, -0.15) is 0 Å². The molecule has 1 aliphatic rings. The van der Waals surface area contributed by atoms with Gasteiger partial charge in [-0.25, -0.2) is 8.42 Å². The van der Waals surface area contributed by atoms with E-state index in [1.807, 2.05) is 0 Å². The molecule has 0 aliphatic carbocycles. The summed E-state index contributed by atoms with van der Waals surface area (Å²) in [7, 11) is -1.17. The van der Waals surface area contributed by atoms with Gasteiger partial charge >= 0.3 is 0 Å². The topological polar surface area (TPSA) is 76.1 Å². The Hall–Kier alpha value is -2.45. The molecular formula is C22H19Cl2NO5S. The summed E-state index contributed by atoms with van der Waals surface area (Å²) in [6, 6.07) is 15.8. The zero-order valence-electron chi connectivity index (χ0n) is 16.7. The van der Waals surface area contributed by atoms with Crippen LogP contribution in [0.3, 0.4) is 0 Å². The zero-order chi connectivity index (χ0) is 22.4. The van der Waals surface area contributed by atoms with Crippen LogP contribution in [0.4, 0.5) is 5.69 Å². The minimum absolute atomic E-state index is 0.00513. The molecule has 9 heteroatoms. The summed E-state index contributed by atoms with van der Waals surface area (Å²) in [4.78, 5) is -0.00513. The number of β-amino-alcohol motifs (C(OH)–C–C–N with tert-alkyl or cyclic N) is 1. The third kappa shape index (κ3) is 3.51. The zero-order valence-corrected chi connectivity index (χ0v) is 19.0. The number of sulfonamides is 1. The van der Waals surface area contributed by atoms with Crippen LogP contribution in [-0.4, -0.2) is 34.3 Å². The SMILES string of the molecule is COc1ccc(S(=O)(=O)N2C[C@@](O)(c3ccccc3Cl)c3cc(Cl)ccc32)cc1OC. The average molecular weight is 480 g/mol. The lowest BCUT2D eigenvalue weighted by Gasteiger charge is -2.26. The van der Waals surface area contributed by atoms with Crippen molar-refractivity contribution in [1.29, 1.82) is 0 Å². The first-order valence-electron chi connectivity index (χ1n) is 9.24. The van der Waals surface area contributed by atoms with Gasteiger partial charge in [0, 0.05) is 27.2 Å². The standard InChI is InChI=1S/C22H19Cl2NO5S/c1-29-20-10-8-15(12-21(20)30-2)31(27,28)25-13-22(26,16-5-3-4-6-18(16)24)17-11-14(23)7-9-19(17)25/h3-12,26H,13H2,1-2H3/t22-/m1/s1. The van der Waals surface area contributed by atoms with Gasteiger partial charge in [0.15, 0.2) is 11.5 Å². The lowest BCUT2D eigenvalue weighted by Crippen LogP contribution is -2.38. The summed E-state index contributed by atoms with van der Waals surface area (Å²) in [6.07, 6.45) is 0. The third-order valence-electron chi connectivity index (χ3n) is 5.31. The van der Waals surface area contributed by atoms with Crippen LogP contribution in [0, 0.1) is 0 Å². The van der Waals surface area contributed by atoms with Crippen molar-refractivity contribution in [2.45, 2.75) is 10.5 Å². The molecule has 0 saturated carbocycles. The van der Waals surface area contributed by atoms with Crippen LogP contribution in [0.5, 0.6) is 11.5 Å². The number of rotatable bonds is 5. The van der Waals surface area contributed by atoms with E-state index in [1.54, 1.807) is 42.5 Å². The molecule has 1 atom stereocenters. The number of benzene rings is 3. The number of methoxy groups -OCH3 is 2. The molecule has 0 amide bonds. The molecular weight excluding hydrogens is 461 g/mol. The number of ether oxygens (including phenoxy) is 2. The molecule has 6 nitrogen and oxygen atoms in total. The van der Waals surface area contributed by atoms with E-state index in [0.717, 1.165) is 4.31 Å². The second kappa shape index (κ2) is 7.91. The van der Waals surface area contributed by atoms with Crippen molar-refractivity contribution in [3.63, 3.8) is 0 Å². The van der Waals surface area contributed by atoms with Crippen LogP contribution in [-0.2, 0) is 15.6 Å². The maximum Gasteiger partial charge on any atom is 0.264 e. The number of fused-ring (bicyclic) bond motifs is 1. The molecule has 0 unspecified atom stereocenters. The van der Waals surface area contributed by atoms with Crippen molar-refractivity contribution in [1.82, 2.24) is 0 Å². The minimum atomic E-state index is -4.06. The predicted molar refractivity (Wildman–Crippen MR) is 120 cm³/mol. The first-order chi connectivity index (χ1) is 14.7. The van der Waals surface area contributed by atoms with Crippen LogP contribution in [0.15, 0.2) is 65.6 Å². The Bertz CT molecular complexity index is 1260. The Kier molecular flexibility index (Phi) is 5.55. The Morgan fingerprint density at radius 1 is 0.935 bits per heavy atom. The van der Waals surface area contributed by atoms with Gasteiger partial charge in [0.1, 0.15) is 5.60 Å². The molecule has 1 heterocycles. The number of anilines is 1. The highest BCUT2D eigenvalue weighted by molar-refractivity contribution is 7.92. The van der Waals surface area contributed by atoms with E-state index in [1.165, 1.54) is 32.4 Å². The number of halogens is 2. The molecule has 0 radical (unpaired) electrons. The normalized spacial score (nSPS) is 18.0. The highest BCUT2D eigenvalue weighted by Gasteiger charge is 2.48. The molecule has 0 fully saturated rings. The molecule has 0 aromatic heterocycles. The average Bonchev–Trinajstić information content (AvgIpc) is 3.07. The molecule has 31 heavy (non-hydrogen) atoms. The van der Waals surface area contributed by atoms with Gasteiger partial charge in [-0.3, -0.25) is 4.31 Å². The van der Waals surface area contributed by atoms with E-state index in [-0.39, 0.29) is 17.2 Å². The van der Waals surface area contributed by atoms with Crippen molar-refractivity contribution in [3.05, 3.63) is 81.8 Å². The van der Waals surface area contributed by atoms with Crippen LogP contribution in [0.1, 0.15) is 11.1 Å². The minimum Gasteiger partial charge on any atom is -0.493 e. The fourth-order valence-corrected chi connectivity index (χ4v) is 5.77. The largest absolute Gasteiger partial charge is 0.493 e. The Labute approximate surface area is 190 Å². The van der Waals surface area contributed by atoms with Crippen LogP contribution in [0.25, 0.3) is 0 Å². The summed E-state index contributed by atoms with van der Waals surface area (Å²) in [5, 5.41) is 12.4. The number of aliphatic hydroxyl groups is 1. The molecule has 162 valence electrons. The van der Waals surface area contributed by atoms with Gasteiger partial charge in [-0.1, -0.05) is 41.4 Å². The van der Waals surface area contributed by atoms with Gasteiger partial charge in [-0.15, -0.1) is 0 Å². The van der Waals surface area contributed by atoms with Crippen molar-refractivity contribution < 1.29 is 23.0 Å². The van der Waals surface area contributed by atoms with Gasteiger partial charge < -0.3 is 14.6 Å². The highest BCUT2D eigenvalue weighted by Crippen LogP contribution is 2.48. The van der Waals surface area contributed by atoms with Crippen LogP contribution >= 0.6 is 23.2 Å². The number of nitrogens with zero attached hydrogens (tertiary/aromatic N) is 1. The predicted octanol–water partition coefficient (Wildman–Crippen LogP) is 4.46. The quantitative estimate of drug-likeness (QED) is 0.584. The number of hydrogen-bond donors (Lipinski definition) is 1.